The summed E-state index contributed by atoms with van der Waals surface area (Å²) < 4.78 is 0. The first-order valence-corrected chi connectivity index (χ1v) is 7.33. The molecule has 1 nitrogen and oxygen atoms in total. The average Bonchev–Trinajstić information content (AvgIpc) is 2.58. The third-order valence-electron chi connectivity index (χ3n) is 3.74. The van der Waals surface area contributed by atoms with Gasteiger partial charge >= 0.3 is 0 Å². The fourth-order valence-corrected chi connectivity index (χ4v) is 3.72. The molecule has 1 heterocycles. The Kier molecular flexibility index (Phi) is 4.04. The van der Waals surface area contributed by atoms with Gasteiger partial charge in [-0.25, -0.2) is 0 Å². The van der Waals surface area contributed by atoms with E-state index in [1.807, 2.05) is 11.3 Å². The van der Waals surface area contributed by atoms with Crippen molar-refractivity contribution in [2.45, 2.75) is 58.5 Å². The highest BCUT2D eigenvalue weighted by molar-refractivity contribution is 7.12. The van der Waals surface area contributed by atoms with E-state index in [0.29, 0.717) is 5.92 Å². The Labute approximate surface area is 103 Å². The van der Waals surface area contributed by atoms with Crippen molar-refractivity contribution in [3.05, 3.63) is 21.4 Å². The predicted molar refractivity (Wildman–Crippen MR) is 70.0 cm³/mol. The van der Waals surface area contributed by atoms with Crippen LogP contribution in [0.1, 0.15) is 61.0 Å². The molecule has 1 aromatic rings. The van der Waals surface area contributed by atoms with E-state index < -0.39 is 0 Å². The average molecular weight is 238 g/mol. The number of thiophene rings is 1. The summed E-state index contributed by atoms with van der Waals surface area (Å²) in [4.78, 5) is 2.73. The lowest BCUT2D eigenvalue weighted by molar-refractivity contribution is 0.119. The second kappa shape index (κ2) is 5.33. The van der Waals surface area contributed by atoms with Gasteiger partial charge in [0.05, 0.1) is 6.10 Å². The number of fused-ring (bicyclic) bond motifs is 1. The molecule has 0 saturated heterocycles. The fourth-order valence-electron chi connectivity index (χ4n) is 2.34. The molecule has 0 amide bonds. The summed E-state index contributed by atoms with van der Waals surface area (Å²) in [5.74, 6) is 0.377. The first-order valence-electron chi connectivity index (χ1n) is 6.52. The SMILES string of the molecule is CCC(C)C(O)c1cc2c(s1)CCCCC2. The summed E-state index contributed by atoms with van der Waals surface area (Å²) in [5.41, 5.74) is 1.51. The van der Waals surface area contributed by atoms with Crippen LogP contribution in [0.5, 0.6) is 0 Å². The Balaban J connectivity index is 2.17. The van der Waals surface area contributed by atoms with Gasteiger partial charge in [0.1, 0.15) is 0 Å². The molecule has 0 bridgehead atoms. The molecule has 0 saturated carbocycles. The van der Waals surface area contributed by atoms with Gasteiger partial charge < -0.3 is 5.11 Å². The van der Waals surface area contributed by atoms with Crippen LogP contribution in [-0.4, -0.2) is 5.11 Å². The van der Waals surface area contributed by atoms with Crippen LogP contribution in [0.4, 0.5) is 0 Å². The van der Waals surface area contributed by atoms with E-state index in [9.17, 15) is 5.11 Å². The monoisotopic (exact) mass is 238 g/mol. The molecule has 2 unspecified atom stereocenters. The molecule has 1 aliphatic carbocycles. The molecule has 90 valence electrons. The van der Waals surface area contributed by atoms with Crippen LogP contribution in [0.15, 0.2) is 6.07 Å². The van der Waals surface area contributed by atoms with E-state index in [-0.39, 0.29) is 6.10 Å². The highest BCUT2D eigenvalue weighted by Gasteiger charge is 2.20. The van der Waals surface area contributed by atoms with Crippen LogP contribution in [0.3, 0.4) is 0 Å². The summed E-state index contributed by atoms with van der Waals surface area (Å²) in [7, 11) is 0. The third-order valence-corrected chi connectivity index (χ3v) is 5.05. The second-order valence-electron chi connectivity index (χ2n) is 4.99. The van der Waals surface area contributed by atoms with Gasteiger partial charge in [-0.15, -0.1) is 11.3 Å². The minimum atomic E-state index is -0.248. The number of rotatable bonds is 3. The Morgan fingerprint density at radius 3 is 2.81 bits per heavy atom. The van der Waals surface area contributed by atoms with Crippen molar-refractivity contribution in [1.29, 1.82) is 0 Å². The van der Waals surface area contributed by atoms with Crippen LogP contribution in [0.2, 0.25) is 0 Å². The maximum atomic E-state index is 10.2. The molecule has 16 heavy (non-hydrogen) atoms. The summed E-state index contributed by atoms with van der Waals surface area (Å²) >= 11 is 1.85. The minimum absolute atomic E-state index is 0.248. The number of aliphatic hydroxyl groups excluding tert-OH is 1. The first-order chi connectivity index (χ1) is 7.72. The van der Waals surface area contributed by atoms with Crippen LogP contribution in [-0.2, 0) is 12.8 Å². The largest absolute Gasteiger partial charge is 0.387 e. The summed E-state index contributed by atoms with van der Waals surface area (Å²) in [5, 5.41) is 10.2. The molecule has 2 rings (SSSR count). The topological polar surface area (TPSA) is 20.2 Å². The van der Waals surface area contributed by atoms with E-state index in [0.717, 1.165) is 6.42 Å². The quantitative estimate of drug-likeness (QED) is 0.786. The van der Waals surface area contributed by atoms with Crippen LogP contribution >= 0.6 is 11.3 Å². The smallest absolute Gasteiger partial charge is 0.0907 e. The maximum Gasteiger partial charge on any atom is 0.0907 e. The van der Waals surface area contributed by atoms with Crippen molar-refractivity contribution < 1.29 is 5.11 Å². The molecule has 0 aromatic carbocycles. The van der Waals surface area contributed by atoms with Crippen LogP contribution < -0.4 is 0 Å². The van der Waals surface area contributed by atoms with E-state index >= 15 is 0 Å². The molecule has 0 aliphatic heterocycles. The molecule has 0 fully saturated rings. The lowest BCUT2D eigenvalue weighted by Gasteiger charge is -2.15. The fraction of sp³-hybridized carbons (Fsp3) is 0.714. The van der Waals surface area contributed by atoms with Gasteiger partial charge in [0, 0.05) is 9.75 Å². The summed E-state index contributed by atoms with van der Waals surface area (Å²) in [6, 6.07) is 2.27. The molecule has 2 heteroatoms. The molecular weight excluding hydrogens is 216 g/mol. The van der Waals surface area contributed by atoms with Gasteiger partial charge in [0.15, 0.2) is 0 Å². The van der Waals surface area contributed by atoms with Crippen molar-refractivity contribution in [2.75, 3.05) is 0 Å². The number of aliphatic hydroxyl groups is 1. The summed E-state index contributed by atoms with van der Waals surface area (Å²) in [6.45, 7) is 4.28. The maximum absolute atomic E-state index is 10.2. The first kappa shape index (κ1) is 12.1. The molecule has 2 atom stereocenters. The molecular formula is C14H22OS. The van der Waals surface area contributed by atoms with Crippen molar-refractivity contribution in [2.24, 2.45) is 5.92 Å². The highest BCUT2D eigenvalue weighted by Crippen LogP contribution is 2.35. The normalized spacial score (nSPS) is 19.9. The molecule has 0 spiro atoms. The molecule has 0 radical (unpaired) electrons. The minimum Gasteiger partial charge on any atom is -0.387 e. The van der Waals surface area contributed by atoms with Crippen molar-refractivity contribution in [3.8, 4) is 0 Å². The third kappa shape index (κ3) is 2.49. The Hall–Kier alpha value is -0.340. The summed E-state index contributed by atoms with van der Waals surface area (Å²) in [6.07, 6.45) is 7.26. The predicted octanol–water partition coefficient (Wildman–Crippen LogP) is 4.10. The Morgan fingerprint density at radius 2 is 2.06 bits per heavy atom. The van der Waals surface area contributed by atoms with Crippen LogP contribution in [0, 0.1) is 5.92 Å². The van der Waals surface area contributed by atoms with Gasteiger partial charge in [-0.1, -0.05) is 26.7 Å². The van der Waals surface area contributed by atoms with Gasteiger partial charge in [-0.3, -0.25) is 0 Å². The highest BCUT2D eigenvalue weighted by atomic mass is 32.1. The lowest BCUT2D eigenvalue weighted by Crippen LogP contribution is -2.06. The number of aryl methyl sites for hydroxylation is 2. The zero-order chi connectivity index (χ0) is 11.5. The number of hydrogen-bond acceptors (Lipinski definition) is 2. The van der Waals surface area contributed by atoms with E-state index in [2.05, 4.69) is 19.9 Å². The standard InChI is InChI=1S/C14H22OS/c1-3-10(2)14(15)13-9-11-7-5-4-6-8-12(11)16-13/h9-10,14-15H,3-8H2,1-2H3. The van der Waals surface area contributed by atoms with Crippen molar-refractivity contribution in [3.63, 3.8) is 0 Å². The Morgan fingerprint density at radius 1 is 1.31 bits per heavy atom. The number of hydrogen-bond donors (Lipinski definition) is 1. The molecule has 1 aromatic heterocycles. The van der Waals surface area contributed by atoms with Crippen molar-refractivity contribution >= 4 is 11.3 Å². The van der Waals surface area contributed by atoms with Gasteiger partial charge in [0.25, 0.3) is 0 Å². The zero-order valence-corrected chi connectivity index (χ0v) is 11.1. The van der Waals surface area contributed by atoms with E-state index in [1.165, 1.54) is 47.4 Å². The molecule has 1 N–H and O–H groups in total. The van der Waals surface area contributed by atoms with Gasteiger partial charge in [-0.2, -0.15) is 0 Å². The van der Waals surface area contributed by atoms with Crippen LogP contribution in [0.25, 0.3) is 0 Å². The lowest BCUT2D eigenvalue weighted by atomic mass is 10.00. The Bertz CT molecular complexity index is 319. The zero-order valence-electron chi connectivity index (χ0n) is 10.3. The second-order valence-corrected chi connectivity index (χ2v) is 6.16. The van der Waals surface area contributed by atoms with Crippen molar-refractivity contribution in [1.82, 2.24) is 0 Å². The van der Waals surface area contributed by atoms with E-state index in [4.69, 9.17) is 0 Å². The van der Waals surface area contributed by atoms with E-state index in [1.54, 1.807) is 0 Å². The molecule has 1 aliphatic rings. The van der Waals surface area contributed by atoms with Gasteiger partial charge in [0.2, 0.25) is 0 Å². The van der Waals surface area contributed by atoms with Gasteiger partial charge in [-0.05, 0) is 43.2 Å².